The number of rotatable bonds is 6. The van der Waals surface area contributed by atoms with Crippen molar-refractivity contribution in [2.75, 3.05) is 35.7 Å². The van der Waals surface area contributed by atoms with Crippen LogP contribution in [0.1, 0.15) is 27.9 Å². The van der Waals surface area contributed by atoms with E-state index in [9.17, 15) is 18.0 Å². The van der Waals surface area contributed by atoms with E-state index >= 15 is 0 Å². The Morgan fingerprint density at radius 2 is 1.70 bits per heavy atom. The summed E-state index contributed by atoms with van der Waals surface area (Å²) >= 11 is 1.84. The molecule has 2 aromatic rings. The van der Waals surface area contributed by atoms with Crippen LogP contribution in [0.4, 0.5) is 5.69 Å². The van der Waals surface area contributed by atoms with Crippen LogP contribution in [0.15, 0.2) is 47.4 Å². The van der Waals surface area contributed by atoms with Crippen LogP contribution in [0.25, 0.3) is 0 Å². The predicted octanol–water partition coefficient (Wildman–Crippen LogP) is 3.29. The highest BCUT2D eigenvalue weighted by Crippen LogP contribution is 2.20. The van der Waals surface area contributed by atoms with E-state index in [4.69, 9.17) is 0 Å². The Balaban J connectivity index is 1.59. The van der Waals surface area contributed by atoms with Crippen LogP contribution in [0, 0.1) is 13.8 Å². The van der Waals surface area contributed by atoms with Gasteiger partial charge in [0.25, 0.3) is 5.91 Å². The van der Waals surface area contributed by atoms with Crippen molar-refractivity contribution in [3.05, 3.63) is 59.2 Å². The van der Waals surface area contributed by atoms with Crippen LogP contribution < -0.4 is 5.32 Å². The number of thioether (sulfide) groups is 1. The second-order valence-electron chi connectivity index (χ2n) is 7.36. The summed E-state index contributed by atoms with van der Waals surface area (Å²) in [5.74, 6) is 1.26. The fourth-order valence-electron chi connectivity index (χ4n) is 3.19. The number of carbonyl (C=O) groups excluding carboxylic acids is 2. The molecule has 2 amide bonds. The Bertz CT molecular complexity index is 1030. The lowest BCUT2D eigenvalue weighted by atomic mass is 10.1. The molecule has 0 aromatic heterocycles. The maximum atomic E-state index is 12.6. The summed E-state index contributed by atoms with van der Waals surface area (Å²) in [6.07, 6.45) is -0.137. The maximum absolute atomic E-state index is 12.6. The second kappa shape index (κ2) is 9.66. The first-order chi connectivity index (χ1) is 14.3. The summed E-state index contributed by atoms with van der Waals surface area (Å²) in [5.41, 5.74) is 2.92. The topological polar surface area (TPSA) is 83.5 Å². The number of hydrogen-bond donors (Lipinski definition) is 1. The first-order valence-electron chi connectivity index (χ1n) is 9.83. The summed E-state index contributed by atoms with van der Waals surface area (Å²) in [6, 6.07) is 11.8. The Kier molecular flexibility index (Phi) is 7.20. The lowest BCUT2D eigenvalue weighted by molar-refractivity contribution is -0.115. The van der Waals surface area contributed by atoms with Gasteiger partial charge >= 0.3 is 0 Å². The van der Waals surface area contributed by atoms with Gasteiger partial charge in [-0.1, -0.05) is 17.7 Å². The number of sulfone groups is 1. The van der Waals surface area contributed by atoms with Gasteiger partial charge in [0.05, 0.1) is 10.6 Å². The van der Waals surface area contributed by atoms with E-state index in [1.807, 2.05) is 30.5 Å². The van der Waals surface area contributed by atoms with Gasteiger partial charge in [-0.15, -0.1) is 0 Å². The molecule has 0 radical (unpaired) electrons. The standard InChI is InChI=1S/C22H26N2O4S2/c1-16-3-6-19(7-4-16)30(27,28)14-9-21(25)23-20-8-5-18(15-17(20)2)22(26)24-10-12-29-13-11-24/h3-8,15H,9-14H2,1-2H3,(H,23,25). The molecule has 1 fully saturated rings. The highest BCUT2D eigenvalue weighted by atomic mass is 32.2. The lowest BCUT2D eigenvalue weighted by Crippen LogP contribution is -2.37. The molecule has 1 heterocycles. The Hall–Kier alpha value is -2.32. The zero-order valence-electron chi connectivity index (χ0n) is 17.2. The van der Waals surface area contributed by atoms with E-state index in [2.05, 4.69) is 5.32 Å². The fourth-order valence-corrected chi connectivity index (χ4v) is 5.33. The number of anilines is 1. The number of amides is 2. The van der Waals surface area contributed by atoms with Gasteiger partial charge in [0, 0.05) is 42.3 Å². The maximum Gasteiger partial charge on any atom is 0.253 e. The molecule has 0 saturated carbocycles. The largest absolute Gasteiger partial charge is 0.337 e. The number of hydrogen-bond acceptors (Lipinski definition) is 5. The molecule has 160 valence electrons. The molecule has 8 heteroatoms. The first-order valence-corrected chi connectivity index (χ1v) is 12.6. The number of benzene rings is 2. The quantitative estimate of drug-likeness (QED) is 0.736. The minimum atomic E-state index is -3.52. The molecular weight excluding hydrogens is 420 g/mol. The van der Waals surface area contributed by atoms with Gasteiger partial charge < -0.3 is 10.2 Å². The van der Waals surface area contributed by atoms with Crippen molar-refractivity contribution < 1.29 is 18.0 Å². The van der Waals surface area contributed by atoms with Crippen LogP contribution in [-0.2, 0) is 14.6 Å². The molecule has 2 aromatic carbocycles. The predicted molar refractivity (Wildman–Crippen MR) is 121 cm³/mol. The Morgan fingerprint density at radius 3 is 2.33 bits per heavy atom. The minimum Gasteiger partial charge on any atom is -0.337 e. The number of carbonyl (C=O) groups is 2. The van der Waals surface area contributed by atoms with Crippen molar-refractivity contribution in [2.24, 2.45) is 0 Å². The lowest BCUT2D eigenvalue weighted by Gasteiger charge is -2.26. The highest BCUT2D eigenvalue weighted by molar-refractivity contribution is 7.99. The van der Waals surface area contributed by atoms with Crippen molar-refractivity contribution >= 4 is 39.1 Å². The van der Waals surface area contributed by atoms with Crippen LogP contribution in [0.5, 0.6) is 0 Å². The molecule has 0 spiro atoms. The van der Waals surface area contributed by atoms with Gasteiger partial charge in [-0.2, -0.15) is 11.8 Å². The third-order valence-electron chi connectivity index (χ3n) is 5.02. The van der Waals surface area contributed by atoms with Gasteiger partial charge in [-0.05, 0) is 49.7 Å². The van der Waals surface area contributed by atoms with Crippen LogP contribution in [0.2, 0.25) is 0 Å². The SMILES string of the molecule is Cc1ccc(S(=O)(=O)CCC(=O)Nc2ccc(C(=O)N3CCSCC3)cc2C)cc1. The third kappa shape index (κ3) is 5.64. The van der Waals surface area contributed by atoms with Gasteiger partial charge in [-0.25, -0.2) is 8.42 Å². The molecule has 0 unspecified atom stereocenters. The van der Waals surface area contributed by atoms with Crippen molar-refractivity contribution in [1.82, 2.24) is 4.90 Å². The first kappa shape index (κ1) is 22.4. The van der Waals surface area contributed by atoms with Gasteiger partial charge in [0.2, 0.25) is 5.91 Å². The smallest absolute Gasteiger partial charge is 0.253 e. The summed E-state index contributed by atoms with van der Waals surface area (Å²) in [5, 5.41) is 2.76. The monoisotopic (exact) mass is 446 g/mol. The molecule has 1 aliphatic rings. The molecule has 0 aliphatic carbocycles. The summed E-state index contributed by atoms with van der Waals surface area (Å²) in [7, 11) is -3.52. The molecule has 1 saturated heterocycles. The van der Waals surface area contributed by atoms with E-state index in [0.29, 0.717) is 11.3 Å². The summed E-state index contributed by atoms with van der Waals surface area (Å²) < 4.78 is 24.8. The minimum absolute atomic E-state index is 0.000433. The van der Waals surface area contributed by atoms with Crippen molar-refractivity contribution in [1.29, 1.82) is 0 Å². The number of aryl methyl sites for hydroxylation is 2. The molecule has 30 heavy (non-hydrogen) atoms. The third-order valence-corrected chi connectivity index (χ3v) is 7.70. The van der Waals surface area contributed by atoms with Crippen LogP contribution >= 0.6 is 11.8 Å². The molecule has 3 rings (SSSR count). The summed E-state index contributed by atoms with van der Waals surface area (Å²) in [6.45, 7) is 5.20. The van der Waals surface area contributed by atoms with Crippen molar-refractivity contribution in [3.63, 3.8) is 0 Å². The highest BCUT2D eigenvalue weighted by Gasteiger charge is 2.20. The van der Waals surface area contributed by atoms with Gasteiger partial charge in [0.15, 0.2) is 9.84 Å². The average molecular weight is 447 g/mol. The molecule has 6 nitrogen and oxygen atoms in total. The van der Waals surface area contributed by atoms with E-state index in [1.165, 1.54) is 0 Å². The van der Waals surface area contributed by atoms with Gasteiger partial charge in [-0.3, -0.25) is 9.59 Å². The normalized spacial score (nSPS) is 14.4. The molecule has 0 atom stereocenters. The van der Waals surface area contributed by atoms with E-state index < -0.39 is 9.84 Å². The molecule has 0 bridgehead atoms. The zero-order valence-corrected chi connectivity index (χ0v) is 18.8. The molecular formula is C22H26N2O4S2. The fraction of sp³-hybridized carbons (Fsp3) is 0.364. The van der Waals surface area contributed by atoms with E-state index in [1.54, 1.807) is 42.5 Å². The zero-order chi connectivity index (χ0) is 21.7. The van der Waals surface area contributed by atoms with E-state index in [-0.39, 0.29) is 28.9 Å². The second-order valence-corrected chi connectivity index (χ2v) is 10.7. The van der Waals surface area contributed by atoms with Crippen LogP contribution in [-0.4, -0.2) is 55.5 Å². The van der Waals surface area contributed by atoms with Crippen molar-refractivity contribution in [2.45, 2.75) is 25.2 Å². The Morgan fingerprint density at radius 1 is 1.03 bits per heavy atom. The molecule has 1 N–H and O–H groups in total. The van der Waals surface area contributed by atoms with Crippen molar-refractivity contribution in [3.8, 4) is 0 Å². The van der Waals surface area contributed by atoms with Crippen LogP contribution in [0.3, 0.4) is 0 Å². The van der Waals surface area contributed by atoms with E-state index in [0.717, 1.165) is 35.7 Å². The number of nitrogens with zero attached hydrogens (tertiary/aromatic N) is 1. The Labute approximate surface area is 182 Å². The average Bonchev–Trinajstić information content (AvgIpc) is 2.74. The van der Waals surface area contributed by atoms with Gasteiger partial charge in [0.1, 0.15) is 0 Å². The summed E-state index contributed by atoms with van der Waals surface area (Å²) in [4.78, 5) is 27.0. The number of nitrogens with one attached hydrogen (secondary N) is 1. The molecule has 1 aliphatic heterocycles.